The standard InChI is InChI=1S/C23H21F3N4O/c1-13-10-19(24)18(20(11-13)31-3)9-6-15-5-8-17(23-29-27-12-30(15)23)16-7-4-14(2)28-21(16)22(25)26/h4-5,7-8,10-12,22H,6,9H2,1-3H3. The number of hydrogen-bond acceptors (Lipinski definition) is 4. The van der Waals surface area contributed by atoms with Gasteiger partial charge in [0.2, 0.25) is 0 Å². The lowest BCUT2D eigenvalue weighted by Crippen LogP contribution is -2.04. The number of hydrogen-bond donors (Lipinski definition) is 0. The van der Waals surface area contributed by atoms with Crippen LogP contribution in [-0.2, 0) is 12.8 Å². The number of alkyl halides is 2. The predicted octanol–water partition coefficient (Wildman–Crippen LogP) is 5.28. The van der Waals surface area contributed by atoms with Gasteiger partial charge in [-0.15, -0.1) is 10.2 Å². The number of benzene rings is 1. The van der Waals surface area contributed by atoms with Gasteiger partial charge in [0.1, 0.15) is 23.6 Å². The Hall–Kier alpha value is -3.42. The molecule has 4 aromatic rings. The average molecular weight is 426 g/mol. The van der Waals surface area contributed by atoms with Crippen molar-refractivity contribution in [3.8, 4) is 16.9 Å². The number of aryl methyl sites for hydroxylation is 3. The van der Waals surface area contributed by atoms with Crippen molar-refractivity contribution in [1.29, 1.82) is 0 Å². The molecular formula is C23H21F3N4O. The van der Waals surface area contributed by atoms with Crippen LogP contribution in [0.15, 0.2) is 42.7 Å². The van der Waals surface area contributed by atoms with Crippen LogP contribution in [-0.4, -0.2) is 26.7 Å². The van der Waals surface area contributed by atoms with Crippen molar-refractivity contribution >= 4 is 5.65 Å². The molecule has 0 aliphatic carbocycles. The zero-order valence-electron chi connectivity index (χ0n) is 17.4. The minimum absolute atomic E-state index is 0.288. The van der Waals surface area contributed by atoms with Crippen LogP contribution >= 0.6 is 0 Å². The minimum atomic E-state index is -2.71. The molecule has 0 N–H and O–H groups in total. The Balaban J connectivity index is 1.72. The molecule has 0 aliphatic heterocycles. The maximum absolute atomic E-state index is 14.5. The van der Waals surface area contributed by atoms with Gasteiger partial charge in [-0.3, -0.25) is 9.38 Å². The Morgan fingerprint density at radius 2 is 1.81 bits per heavy atom. The fourth-order valence-corrected chi connectivity index (χ4v) is 3.77. The zero-order chi connectivity index (χ0) is 22.1. The maximum atomic E-state index is 14.5. The third-order valence-electron chi connectivity index (χ3n) is 5.25. The highest BCUT2D eigenvalue weighted by atomic mass is 19.3. The number of ether oxygens (including phenoxy) is 1. The number of halogens is 3. The fourth-order valence-electron chi connectivity index (χ4n) is 3.77. The van der Waals surface area contributed by atoms with Gasteiger partial charge in [-0.05, 0) is 62.6 Å². The molecule has 3 aromatic heterocycles. The molecule has 5 nitrogen and oxygen atoms in total. The quantitative estimate of drug-likeness (QED) is 0.421. The van der Waals surface area contributed by atoms with Crippen molar-refractivity contribution in [3.63, 3.8) is 0 Å². The number of methoxy groups -OCH3 is 1. The van der Waals surface area contributed by atoms with Crippen LogP contribution < -0.4 is 4.74 Å². The first-order chi connectivity index (χ1) is 14.9. The van der Waals surface area contributed by atoms with E-state index in [0.29, 0.717) is 46.6 Å². The van der Waals surface area contributed by atoms with Gasteiger partial charge in [-0.25, -0.2) is 13.2 Å². The smallest absolute Gasteiger partial charge is 0.280 e. The highest BCUT2D eigenvalue weighted by Gasteiger charge is 2.20. The van der Waals surface area contributed by atoms with Gasteiger partial charge in [0.15, 0.2) is 5.65 Å². The maximum Gasteiger partial charge on any atom is 0.280 e. The van der Waals surface area contributed by atoms with E-state index in [2.05, 4.69) is 15.2 Å². The number of nitrogens with zero attached hydrogens (tertiary/aromatic N) is 4. The highest BCUT2D eigenvalue weighted by molar-refractivity contribution is 5.79. The van der Waals surface area contributed by atoms with Crippen LogP contribution in [0.25, 0.3) is 16.8 Å². The predicted molar refractivity (Wildman–Crippen MR) is 111 cm³/mol. The monoisotopic (exact) mass is 426 g/mol. The van der Waals surface area contributed by atoms with Crippen LogP contribution in [0.1, 0.15) is 34.6 Å². The molecule has 0 bridgehead atoms. The van der Waals surface area contributed by atoms with Gasteiger partial charge < -0.3 is 4.74 Å². The first kappa shape index (κ1) is 20.8. The van der Waals surface area contributed by atoms with E-state index in [1.54, 1.807) is 35.6 Å². The summed E-state index contributed by atoms with van der Waals surface area (Å²) < 4.78 is 48.8. The summed E-state index contributed by atoms with van der Waals surface area (Å²) in [4.78, 5) is 4.01. The van der Waals surface area contributed by atoms with E-state index >= 15 is 0 Å². The van der Waals surface area contributed by atoms with Gasteiger partial charge in [0, 0.05) is 28.1 Å². The Kier molecular flexibility index (Phi) is 5.63. The van der Waals surface area contributed by atoms with E-state index in [1.165, 1.54) is 19.5 Å². The van der Waals surface area contributed by atoms with Crippen molar-refractivity contribution in [1.82, 2.24) is 19.6 Å². The van der Waals surface area contributed by atoms with E-state index in [4.69, 9.17) is 4.74 Å². The lowest BCUT2D eigenvalue weighted by atomic mass is 10.0. The lowest BCUT2D eigenvalue weighted by molar-refractivity contribution is 0.146. The van der Waals surface area contributed by atoms with Crippen molar-refractivity contribution in [3.05, 3.63) is 76.8 Å². The molecule has 0 spiro atoms. The molecule has 0 aliphatic rings. The summed E-state index contributed by atoms with van der Waals surface area (Å²) in [6.07, 6.45) is -0.301. The Morgan fingerprint density at radius 3 is 2.55 bits per heavy atom. The SMILES string of the molecule is COc1cc(C)cc(F)c1CCc1ccc(-c2ccc(C)nc2C(F)F)c2nncn12. The number of fused-ring (bicyclic) bond motifs is 1. The molecule has 0 unspecified atom stereocenters. The first-order valence-corrected chi connectivity index (χ1v) is 9.79. The van der Waals surface area contributed by atoms with Crippen molar-refractivity contribution < 1.29 is 17.9 Å². The van der Waals surface area contributed by atoms with Gasteiger partial charge in [-0.2, -0.15) is 0 Å². The molecule has 3 heterocycles. The molecule has 1 aromatic carbocycles. The highest BCUT2D eigenvalue weighted by Crippen LogP contribution is 2.33. The molecule has 0 radical (unpaired) electrons. The van der Waals surface area contributed by atoms with Crippen LogP contribution in [0.2, 0.25) is 0 Å². The van der Waals surface area contributed by atoms with Gasteiger partial charge in [0.05, 0.1) is 7.11 Å². The summed E-state index contributed by atoms with van der Waals surface area (Å²) in [6, 6.07) is 10.1. The van der Waals surface area contributed by atoms with Crippen LogP contribution in [0.5, 0.6) is 5.75 Å². The largest absolute Gasteiger partial charge is 0.496 e. The second-order valence-corrected chi connectivity index (χ2v) is 7.38. The van der Waals surface area contributed by atoms with E-state index < -0.39 is 6.43 Å². The fraction of sp³-hybridized carbons (Fsp3) is 0.261. The number of pyridine rings is 2. The van der Waals surface area contributed by atoms with Crippen molar-refractivity contribution in [2.75, 3.05) is 7.11 Å². The van der Waals surface area contributed by atoms with Crippen LogP contribution in [0.4, 0.5) is 13.2 Å². The van der Waals surface area contributed by atoms with Crippen molar-refractivity contribution in [2.24, 2.45) is 0 Å². The number of aromatic nitrogens is 4. The topological polar surface area (TPSA) is 52.3 Å². The lowest BCUT2D eigenvalue weighted by Gasteiger charge is -2.14. The van der Waals surface area contributed by atoms with E-state index in [1.807, 2.05) is 13.0 Å². The van der Waals surface area contributed by atoms with Gasteiger partial charge in [-0.1, -0.05) is 6.07 Å². The third-order valence-corrected chi connectivity index (χ3v) is 5.25. The van der Waals surface area contributed by atoms with Gasteiger partial charge >= 0.3 is 0 Å². The van der Waals surface area contributed by atoms with Crippen molar-refractivity contribution in [2.45, 2.75) is 33.1 Å². The molecule has 0 amide bonds. The Morgan fingerprint density at radius 1 is 1.03 bits per heavy atom. The summed E-state index contributed by atoms with van der Waals surface area (Å²) in [7, 11) is 1.51. The molecule has 0 fully saturated rings. The summed E-state index contributed by atoms with van der Waals surface area (Å²) in [5.41, 5.74) is 3.60. The van der Waals surface area contributed by atoms with E-state index in [9.17, 15) is 13.2 Å². The molecule has 0 saturated heterocycles. The normalized spacial score (nSPS) is 11.5. The third kappa shape index (κ3) is 3.97. The molecule has 0 saturated carbocycles. The second kappa shape index (κ2) is 8.37. The summed E-state index contributed by atoms with van der Waals surface area (Å²) in [5, 5.41) is 8.10. The first-order valence-electron chi connectivity index (χ1n) is 9.79. The van der Waals surface area contributed by atoms with Crippen LogP contribution in [0, 0.1) is 19.7 Å². The van der Waals surface area contributed by atoms with Gasteiger partial charge in [0.25, 0.3) is 6.43 Å². The second-order valence-electron chi connectivity index (χ2n) is 7.38. The zero-order valence-corrected chi connectivity index (χ0v) is 17.4. The van der Waals surface area contributed by atoms with E-state index in [-0.39, 0.29) is 11.5 Å². The summed E-state index contributed by atoms with van der Waals surface area (Å²) in [5.74, 6) is 0.183. The van der Waals surface area contributed by atoms with Crippen LogP contribution in [0.3, 0.4) is 0 Å². The molecule has 31 heavy (non-hydrogen) atoms. The Labute approximate surface area is 177 Å². The molecule has 160 valence electrons. The molecular weight excluding hydrogens is 405 g/mol. The summed E-state index contributed by atoms with van der Waals surface area (Å²) in [6.45, 7) is 3.48. The summed E-state index contributed by atoms with van der Waals surface area (Å²) >= 11 is 0. The molecule has 0 atom stereocenters. The molecule has 8 heteroatoms. The molecule has 4 rings (SSSR count). The van der Waals surface area contributed by atoms with E-state index in [0.717, 1.165) is 11.3 Å². The minimum Gasteiger partial charge on any atom is -0.496 e. The number of rotatable bonds is 6. The average Bonchev–Trinajstić information content (AvgIpc) is 3.23. The Bertz CT molecular complexity index is 1250.